The van der Waals surface area contributed by atoms with Crippen LogP contribution in [0.1, 0.15) is 6.42 Å². The van der Waals surface area contributed by atoms with Gasteiger partial charge in [0.25, 0.3) is 0 Å². The van der Waals surface area contributed by atoms with Crippen LogP contribution in [0.2, 0.25) is 0 Å². The lowest BCUT2D eigenvalue weighted by Crippen LogP contribution is -2.42. The number of hydrogen-bond donors (Lipinski definition) is 3. The zero-order valence-electron chi connectivity index (χ0n) is 8.61. The third-order valence-electron chi connectivity index (χ3n) is 2.42. The van der Waals surface area contributed by atoms with Crippen molar-refractivity contribution in [2.24, 2.45) is 0 Å². The van der Waals surface area contributed by atoms with Gasteiger partial charge in [0, 0.05) is 24.5 Å². The number of carbonyl (C=O) groups excluding carboxylic acids is 1. The van der Waals surface area contributed by atoms with Gasteiger partial charge in [0.05, 0.1) is 12.3 Å². The van der Waals surface area contributed by atoms with Gasteiger partial charge in [0.2, 0.25) is 0 Å². The first kappa shape index (κ1) is 11.7. The molecule has 2 rings (SSSR count). The number of nitrogens with one attached hydrogen (secondary N) is 1. The number of aliphatic hydroxyl groups is 1. The van der Waals surface area contributed by atoms with E-state index >= 15 is 0 Å². The molecular formula is C8H10N4O4S. The number of rotatable bonds is 2. The maximum absolute atomic E-state index is 11.8. The van der Waals surface area contributed by atoms with Crippen molar-refractivity contribution in [3.8, 4) is 0 Å². The number of aliphatic hydroxyl groups excluding tert-OH is 1. The van der Waals surface area contributed by atoms with E-state index in [4.69, 9.17) is 5.11 Å². The number of aliphatic carboxylic acids is 1. The number of aromatic nitrogens is 2. The molecule has 92 valence electrons. The van der Waals surface area contributed by atoms with Crippen LogP contribution in [-0.4, -0.2) is 55.4 Å². The molecule has 2 atom stereocenters. The largest absolute Gasteiger partial charge is 0.480 e. The number of carbonyl (C=O) groups is 2. The summed E-state index contributed by atoms with van der Waals surface area (Å²) in [5.74, 6) is -1.13. The van der Waals surface area contributed by atoms with Crippen molar-refractivity contribution in [2.75, 3.05) is 11.9 Å². The minimum Gasteiger partial charge on any atom is -0.480 e. The number of hydrogen-bond acceptors (Lipinski definition) is 6. The molecule has 2 amide bonds. The lowest BCUT2D eigenvalue weighted by Gasteiger charge is -2.20. The highest BCUT2D eigenvalue weighted by Crippen LogP contribution is 2.20. The molecule has 0 saturated carbocycles. The van der Waals surface area contributed by atoms with Crippen molar-refractivity contribution in [1.82, 2.24) is 14.5 Å². The molecule has 2 heterocycles. The number of amides is 2. The van der Waals surface area contributed by atoms with Crippen molar-refractivity contribution in [3.05, 3.63) is 6.20 Å². The van der Waals surface area contributed by atoms with Crippen LogP contribution in [-0.2, 0) is 4.79 Å². The average Bonchev–Trinajstić information content (AvgIpc) is 2.86. The number of carboxylic acids is 1. The second-order valence-electron chi connectivity index (χ2n) is 3.61. The Bertz CT molecular complexity index is 423. The lowest BCUT2D eigenvalue weighted by molar-refractivity contribution is -0.141. The number of urea groups is 1. The Balaban J connectivity index is 2.05. The van der Waals surface area contributed by atoms with Crippen molar-refractivity contribution in [2.45, 2.75) is 18.6 Å². The molecule has 1 saturated heterocycles. The summed E-state index contributed by atoms with van der Waals surface area (Å²) in [5.41, 5.74) is 0. The third-order valence-corrected chi connectivity index (χ3v) is 3.00. The van der Waals surface area contributed by atoms with E-state index in [2.05, 4.69) is 14.9 Å². The van der Waals surface area contributed by atoms with Crippen molar-refractivity contribution < 1.29 is 19.8 Å². The van der Waals surface area contributed by atoms with E-state index in [0.717, 1.165) is 16.4 Å². The molecule has 17 heavy (non-hydrogen) atoms. The van der Waals surface area contributed by atoms with Gasteiger partial charge >= 0.3 is 12.0 Å². The van der Waals surface area contributed by atoms with Gasteiger partial charge in [-0.3, -0.25) is 5.32 Å². The smallest absolute Gasteiger partial charge is 0.326 e. The van der Waals surface area contributed by atoms with Gasteiger partial charge in [-0.25, -0.2) is 9.59 Å². The van der Waals surface area contributed by atoms with Gasteiger partial charge < -0.3 is 15.1 Å². The Labute approximate surface area is 100 Å². The Morgan fingerprint density at radius 2 is 2.35 bits per heavy atom. The summed E-state index contributed by atoms with van der Waals surface area (Å²) in [4.78, 5) is 23.8. The highest BCUT2D eigenvalue weighted by atomic mass is 32.1. The quantitative estimate of drug-likeness (QED) is 0.664. The Kier molecular flexibility index (Phi) is 3.20. The van der Waals surface area contributed by atoms with Crippen molar-refractivity contribution >= 4 is 28.5 Å². The molecule has 1 aromatic heterocycles. The van der Waals surface area contributed by atoms with E-state index in [-0.39, 0.29) is 13.0 Å². The minimum atomic E-state index is -1.13. The zero-order valence-corrected chi connectivity index (χ0v) is 9.42. The summed E-state index contributed by atoms with van der Waals surface area (Å²) in [6.45, 7) is 0.00896. The van der Waals surface area contributed by atoms with E-state index in [1.807, 2.05) is 0 Å². The van der Waals surface area contributed by atoms with Crippen LogP contribution in [0.25, 0.3) is 0 Å². The van der Waals surface area contributed by atoms with E-state index in [1.165, 1.54) is 6.20 Å². The third kappa shape index (κ3) is 2.50. The molecule has 1 aliphatic rings. The number of likely N-dealkylation sites (tertiary alicyclic amines) is 1. The Hall–Kier alpha value is -1.74. The van der Waals surface area contributed by atoms with Crippen LogP contribution in [0.15, 0.2) is 6.20 Å². The molecular weight excluding hydrogens is 248 g/mol. The molecule has 9 heteroatoms. The zero-order chi connectivity index (χ0) is 12.4. The van der Waals surface area contributed by atoms with Crippen LogP contribution >= 0.6 is 11.5 Å². The number of carboxylic acid groups (broad SMARTS) is 1. The van der Waals surface area contributed by atoms with Crippen molar-refractivity contribution in [1.29, 1.82) is 0 Å². The number of anilines is 1. The summed E-state index contributed by atoms with van der Waals surface area (Å²) in [5, 5.41) is 24.8. The predicted octanol–water partition coefficient (Wildman–Crippen LogP) is -0.410. The fourth-order valence-corrected chi connectivity index (χ4v) is 2.08. The maximum atomic E-state index is 11.8. The fourth-order valence-electron chi connectivity index (χ4n) is 1.67. The van der Waals surface area contributed by atoms with E-state index < -0.39 is 24.1 Å². The van der Waals surface area contributed by atoms with Crippen LogP contribution in [0.5, 0.6) is 0 Å². The van der Waals surface area contributed by atoms with Crippen LogP contribution in [0, 0.1) is 0 Å². The Morgan fingerprint density at radius 1 is 1.59 bits per heavy atom. The maximum Gasteiger partial charge on any atom is 0.326 e. The molecule has 1 aliphatic heterocycles. The van der Waals surface area contributed by atoms with E-state index in [9.17, 15) is 14.7 Å². The summed E-state index contributed by atoms with van der Waals surface area (Å²) in [7, 11) is 0. The summed E-state index contributed by atoms with van der Waals surface area (Å²) >= 11 is 0.991. The topological polar surface area (TPSA) is 116 Å². The first-order valence-electron chi connectivity index (χ1n) is 4.84. The van der Waals surface area contributed by atoms with Gasteiger partial charge in [-0.1, -0.05) is 4.49 Å². The standard InChI is InChI=1S/C8H10N4O4S/c13-4-1-5(7(14)15)12(3-4)8(16)10-6-2-9-11-17-6/h2,4-5,13H,1,3H2,(H,10,16)(H,14,15)/t4-,5+/m1/s1. The normalized spacial score (nSPS) is 23.7. The molecule has 1 aromatic rings. The van der Waals surface area contributed by atoms with Gasteiger partial charge in [-0.2, -0.15) is 0 Å². The molecule has 0 unspecified atom stereocenters. The average molecular weight is 258 g/mol. The van der Waals surface area contributed by atoms with Crippen molar-refractivity contribution in [3.63, 3.8) is 0 Å². The molecule has 0 aliphatic carbocycles. The lowest BCUT2D eigenvalue weighted by atomic mass is 10.2. The molecule has 8 nitrogen and oxygen atoms in total. The molecule has 0 spiro atoms. The SMILES string of the molecule is O=C(O)[C@@H]1C[C@@H](O)CN1C(=O)Nc1cnns1. The number of nitrogens with zero attached hydrogens (tertiary/aromatic N) is 3. The molecule has 0 aromatic carbocycles. The van der Waals surface area contributed by atoms with Gasteiger partial charge in [0.1, 0.15) is 11.0 Å². The first-order chi connectivity index (χ1) is 8.08. The monoisotopic (exact) mass is 258 g/mol. The van der Waals surface area contributed by atoms with E-state index in [0.29, 0.717) is 5.00 Å². The van der Waals surface area contributed by atoms with Crippen LogP contribution in [0.3, 0.4) is 0 Å². The molecule has 0 bridgehead atoms. The van der Waals surface area contributed by atoms with Gasteiger partial charge in [-0.05, 0) is 0 Å². The summed E-state index contributed by atoms with van der Waals surface area (Å²) in [6, 6.07) is -1.56. The fraction of sp³-hybridized carbons (Fsp3) is 0.500. The predicted molar refractivity (Wildman–Crippen MR) is 57.7 cm³/mol. The van der Waals surface area contributed by atoms with Gasteiger partial charge in [-0.15, -0.1) is 5.10 Å². The highest BCUT2D eigenvalue weighted by Gasteiger charge is 2.39. The van der Waals surface area contributed by atoms with E-state index in [1.54, 1.807) is 0 Å². The second-order valence-corrected chi connectivity index (χ2v) is 4.39. The molecule has 1 fully saturated rings. The minimum absolute atomic E-state index is 0.00896. The van der Waals surface area contributed by atoms with Crippen LogP contribution in [0.4, 0.5) is 9.80 Å². The van der Waals surface area contributed by atoms with Crippen LogP contribution < -0.4 is 5.32 Å². The first-order valence-corrected chi connectivity index (χ1v) is 5.61. The summed E-state index contributed by atoms with van der Waals surface area (Å²) in [6.07, 6.45) is 0.607. The second kappa shape index (κ2) is 4.63. The van der Waals surface area contributed by atoms with Gasteiger partial charge in [0.15, 0.2) is 0 Å². The number of β-amino-alcohol motifs (C(OH)–C–C–N with tert-alkyl or cyclic N) is 1. The molecule has 0 radical (unpaired) electrons. The Morgan fingerprint density at radius 3 is 2.94 bits per heavy atom. The summed E-state index contributed by atoms with van der Waals surface area (Å²) < 4.78 is 3.56. The molecule has 3 N–H and O–H groups in total. The highest BCUT2D eigenvalue weighted by molar-refractivity contribution is 7.10.